The van der Waals surface area contributed by atoms with Crippen molar-refractivity contribution in [2.75, 3.05) is 0 Å². The number of benzene rings is 8. The van der Waals surface area contributed by atoms with Gasteiger partial charge in [0.25, 0.3) is 0 Å². The Balaban J connectivity index is 1.50. The highest BCUT2D eigenvalue weighted by Gasteiger charge is 2.62. The summed E-state index contributed by atoms with van der Waals surface area (Å²) in [4.78, 5) is 0. The van der Waals surface area contributed by atoms with Crippen LogP contribution in [0.25, 0.3) is 12.2 Å². The van der Waals surface area contributed by atoms with Gasteiger partial charge < -0.3 is 16.5 Å². The lowest BCUT2D eigenvalue weighted by molar-refractivity contribution is 0.328. The Morgan fingerprint density at radius 3 is 0.708 bits per heavy atom. The molecule has 0 aliphatic carbocycles. The van der Waals surface area contributed by atoms with E-state index in [2.05, 4.69) is 270 Å². The molecule has 9 heteroatoms. The molecule has 0 radical (unpaired) electrons. The van der Waals surface area contributed by atoms with Crippen molar-refractivity contribution < 1.29 is 16.5 Å². The zero-order chi connectivity index (χ0) is 45.4. The van der Waals surface area contributed by atoms with E-state index in [1.807, 2.05) is 12.2 Å². The van der Waals surface area contributed by atoms with E-state index in [4.69, 9.17) is 16.5 Å². The first-order valence-corrected chi connectivity index (χ1v) is 33.4. The van der Waals surface area contributed by atoms with Gasteiger partial charge in [0.1, 0.15) is 0 Å². The summed E-state index contributed by atoms with van der Waals surface area (Å²) in [6.45, 7) is 17.6. The maximum Gasteiger partial charge on any atom is 0.390 e. The number of hydrogen-bond acceptors (Lipinski definition) is 4. The van der Waals surface area contributed by atoms with Crippen molar-refractivity contribution >= 4 is 96.0 Å². The van der Waals surface area contributed by atoms with E-state index in [0.717, 1.165) is 52.6 Å². The third-order valence-electron chi connectivity index (χ3n) is 12.0. The second kappa shape index (κ2) is 19.7. The fourth-order valence-electron chi connectivity index (χ4n) is 8.90. The van der Waals surface area contributed by atoms with Gasteiger partial charge in [0.2, 0.25) is 16.6 Å². The van der Waals surface area contributed by atoms with E-state index in [-0.39, 0.29) is 0 Å². The SMILES string of the molecule is C=Cc1ccccc1[Si](C)(C)O[Si](O[Si](O[Si](O[Si](C)(C)c1ccccc1C=C)(c1ccccc1)c1ccccc1)(c1ccccc1)c1ccccc1)(c1ccccc1)c1ccccc1. The van der Waals surface area contributed by atoms with Crippen molar-refractivity contribution in [2.24, 2.45) is 0 Å². The van der Waals surface area contributed by atoms with Crippen molar-refractivity contribution in [1.29, 1.82) is 0 Å². The third kappa shape index (κ3) is 9.34. The quantitative estimate of drug-likeness (QED) is 0.0813. The Kier molecular flexibility index (Phi) is 13.9. The molecule has 0 amide bonds. The average molecular weight is 933 g/mol. The summed E-state index contributed by atoms with van der Waals surface area (Å²) in [6.07, 6.45) is 3.87. The molecule has 0 saturated heterocycles. The van der Waals surface area contributed by atoms with Gasteiger partial charge in [-0.15, -0.1) is 0 Å². The molecule has 65 heavy (non-hydrogen) atoms. The molecule has 0 saturated carbocycles. The van der Waals surface area contributed by atoms with Crippen LogP contribution >= 0.6 is 0 Å². The predicted octanol–water partition coefficient (Wildman–Crippen LogP) is 8.33. The van der Waals surface area contributed by atoms with Crippen molar-refractivity contribution in [3.63, 3.8) is 0 Å². The van der Waals surface area contributed by atoms with Gasteiger partial charge in [-0.05, 0) is 78.8 Å². The first-order chi connectivity index (χ1) is 31.6. The Labute approximate surface area is 391 Å². The van der Waals surface area contributed by atoms with Gasteiger partial charge in [-0.25, -0.2) is 0 Å². The van der Waals surface area contributed by atoms with Crippen molar-refractivity contribution in [3.05, 3.63) is 255 Å². The van der Waals surface area contributed by atoms with Crippen LogP contribution in [0.1, 0.15) is 11.1 Å². The molecule has 0 N–H and O–H groups in total. The smallest absolute Gasteiger partial charge is 0.390 e. The molecule has 0 heterocycles. The first-order valence-electron chi connectivity index (χ1n) is 22.1. The molecule has 8 aromatic rings. The van der Waals surface area contributed by atoms with E-state index in [0.29, 0.717) is 0 Å². The molecule has 0 aromatic heterocycles. The van der Waals surface area contributed by atoms with Crippen LogP contribution < -0.4 is 41.5 Å². The summed E-state index contributed by atoms with van der Waals surface area (Å²) >= 11 is 0. The van der Waals surface area contributed by atoms with Crippen LogP contribution in [0.15, 0.2) is 244 Å². The maximum absolute atomic E-state index is 8.66. The second-order valence-electron chi connectivity index (χ2n) is 17.1. The summed E-state index contributed by atoms with van der Waals surface area (Å²) in [5.41, 5.74) is 2.11. The number of rotatable bonds is 18. The summed E-state index contributed by atoms with van der Waals surface area (Å²) in [6, 6.07) is 80.5. The zero-order valence-electron chi connectivity index (χ0n) is 37.6. The van der Waals surface area contributed by atoms with Crippen LogP contribution in [0.4, 0.5) is 0 Å². The number of hydrogen-bond donors (Lipinski definition) is 0. The van der Waals surface area contributed by atoms with Crippen LogP contribution in [0.3, 0.4) is 0 Å². The lowest BCUT2D eigenvalue weighted by Crippen LogP contribution is -2.82. The summed E-state index contributed by atoms with van der Waals surface area (Å²) in [5.74, 6) is 0. The van der Waals surface area contributed by atoms with Gasteiger partial charge in [0.15, 0.2) is 0 Å². The molecule has 0 aliphatic heterocycles. The van der Waals surface area contributed by atoms with Crippen molar-refractivity contribution in [3.8, 4) is 0 Å². The molecule has 4 nitrogen and oxygen atoms in total. The molecule has 324 valence electrons. The van der Waals surface area contributed by atoms with Crippen molar-refractivity contribution in [2.45, 2.75) is 26.2 Å². The lowest BCUT2D eigenvalue weighted by atomic mass is 10.2. The van der Waals surface area contributed by atoms with Crippen molar-refractivity contribution in [1.82, 2.24) is 0 Å². The monoisotopic (exact) mass is 932 g/mol. The minimum absolute atomic E-state index is 0.947. The molecular weight excluding hydrogens is 877 g/mol. The van der Waals surface area contributed by atoms with Crippen LogP contribution in [-0.4, -0.2) is 42.3 Å². The molecule has 0 atom stereocenters. The Morgan fingerprint density at radius 1 is 0.277 bits per heavy atom. The lowest BCUT2D eigenvalue weighted by Gasteiger charge is -2.49. The van der Waals surface area contributed by atoms with E-state index in [1.54, 1.807) is 0 Å². The molecule has 0 aliphatic rings. The zero-order valence-corrected chi connectivity index (χ0v) is 42.6. The standard InChI is InChI=1S/C56H56O4Si5/c1-7-47-31-27-29-45-55(47)61(3,4)57-63(49-33-15-9-16-34-49,50-35-17-10-18-36-50)59-65(53-41-23-13-24-42-53,54-43-25-14-26-44-54)60-64(51-37-19-11-20-38-51,52-39-21-12-22-40-52)58-62(5,6)56-46-30-28-32-48(56)8-2/h7-46H,1-2H2,3-6H3. The van der Waals surface area contributed by atoms with Gasteiger partial charge in [0.05, 0.1) is 0 Å². The topological polar surface area (TPSA) is 36.9 Å². The highest BCUT2D eigenvalue weighted by molar-refractivity contribution is 7.12. The highest BCUT2D eigenvalue weighted by Crippen LogP contribution is 2.29. The second-order valence-corrected chi connectivity index (χ2v) is 34.6. The Morgan fingerprint density at radius 2 is 0.477 bits per heavy atom. The van der Waals surface area contributed by atoms with E-state index in [9.17, 15) is 0 Å². The van der Waals surface area contributed by atoms with E-state index < -0.39 is 42.3 Å². The molecule has 0 fully saturated rings. The van der Waals surface area contributed by atoms with Gasteiger partial charge in [0, 0.05) is 0 Å². The first kappa shape index (κ1) is 45.7. The molecule has 8 rings (SSSR count). The highest BCUT2D eigenvalue weighted by atomic mass is 28.5. The fraction of sp³-hybridized carbons (Fsp3) is 0.0714. The van der Waals surface area contributed by atoms with E-state index >= 15 is 0 Å². The van der Waals surface area contributed by atoms with Gasteiger partial charge in [-0.3, -0.25) is 0 Å². The molecule has 0 unspecified atom stereocenters. The maximum atomic E-state index is 8.66. The largest absolute Gasteiger partial charge is 0.426 e. The average Bonchev–Trinajstić information content (AvgIpc) is 3.37. The van der Waals surface area contributed by atoms with Crippen LogP contribution in [0.5, 0.6) is 0 Å². The van der Waals surface area contributed by atoms with Crippen LogP contribution in [0, 0.1) is 0 Å². The summed E-state index contributed by atoms with van der Waals surface area (Å²) < 4.78 is 33.7. The molecule has 0 bridgehead atoms. The minimum atomic E-state index is -4.12. The Hall–Kier alpha value is -5.84. The normalized spacial score (nSPS) is 12.4. The molecule has 0 spiro atoms. The fourth-order valence-corrected chi connectivity index (χ4v) is 33.6. The van der Waals surface area contributed by atoms with Gasteiger partial charge in [-0.2, -0.15) is 0 Å². The minimum Gasteiger partial charge on any atom is -0.426 e. The third-order valence-corrected chi connectivity index (χ3v) is 33.0. The van der Waals surface area contributed by atoms with E-state index in [1.165, 1.54) is 0 Å². The molecular formula is C56H56O4Si5. The predicted molar refractivity (Wildman–Crippen MR) is 285 cm³/mol. The summed E-state index contributed by atoms with van der Waals surface area (Å²) in [5, 5.41) is 8.11. The Bertz CT molecular complexity index is 2530. The van der Waals surface area contributed by atoms with Gasteiger partial charge in [-0.1, -0.05) is 256 Å². The van der Waals surface area contributed by atoms with Gasteiger partial charge >= 0.3 is 25.7 Å². The summed E-state index contributed by atoms with van der Waals surface area (Å²) in [7, 11) is -17.8. The molecule has 8 aromatic carbocycles. The van der Waals surface area contributed by atoms with Crippen LogP contribution in [-0.2, 0) is 16.5 Å². The van der Waals surface area contributed by atoms with Crippen LogP contribution in [0.2, 0.25) is 26.2 Å².